The molecular formula is C11H12N2O4. The number of nitrogens with zero attached hydrogens (tertiary/aromatic N) is 2. The van der Waals surface area contributed by atoms with Gasteiger partial charge in [-0.1, -0.05) is 0 Å². The van der Waals surface area contributed by atoms with E-state index in [1.165, 1.54) is 17.0 Å². The van der Waals surface area contributed by atoms with Gasteiger partial charge in [-0.25, -0.2) is 4.79 Å². The van der Waals surface area contributed by atoms with Crippen LogP contribution < -0.4 is 0 Å². The summed E-state index contributed by atoms with van der Waals surface area (Å²) in [5.41, 5.74) is 1.25. The van der Waals surface area contributed by atoms with E-state index >= 15 is 0 Å². The number of allylic oxidation sites excluding steroid dienone is 1. The summed E-state index contributed by atoms with van der Waals surface area (Å²) in [5, 5.41) is 22.5. The highest BCUT2D eigenvalue weighted by atomic mass is 16.6. The van der Waals surface area contributed by atoms with Crippen LogP contribution in [0.3, 0.4) is 0 Å². The SMILES string of the molecule is Cn1ncc(C(=O)O)c1C1=CC(O)=C[C@@H]2O[C@H]12.[HH]. The van der Waals surface area contributed by atoms with E-state index < -0.39 is 5.97 Å². The van der Waals surface area contributed by atoms with E-state index in [1.54, 1.807) is 13.1 Å². The van der Waals surface area contributed by atoms with E-state index in [4.69, 9.17) is 9.84 Å². The molecule has 1 fully saturated rings. The number of hydrogen-bond donors (Lipinski definition) is 2. The van der Waals surface area contributed by atoms with Crippen molar-refractivity contribution in [3.05, 3.63) is 35.4 Å². The minimum atomic E-state index is -1.04. The van der Waals surface area contributed by atoms with Crippen molar-refractivity contribution in [1.82, 2.24) is 9.78 Å². The van der Waals surface area contributed by atoms with Gasteiger partial charge in [-0.05, 0) is 12.2 Å². The number of epoxide rings is 1. The van der Waals surface area contributed by atoms with Gasteiger partial charge in [0.2, 0.25) is 0 Å². The summed E-state index contributed by atoms with van der Waals surface area (Å²) in [5.74, 6) is -0.948. The Morgan fingerprint density at radius 1 is 1.65 bits per heavy atom. The third-order valence-corrected chi connectivity index (χ3v) is 2.91. The lowest BCUT2D eigenvalue weighted by Gasteiger charge is -2.09. The zero-order valence-corrected chi connectivity index (χ0v) is 8.99. The van der Waals surface area contributed by atoms with Gasteiger partial charge >= 0.3 is 5.97 Å². The molecule has 1 saturated heterocycles. The summed E-state index contributed by atoms with van der Waals surface area (Å²) in [6.45, 7) is 0. The lowest BCUT2D eigenvalue weighted by molar-refractivity contribution is 0.0696. The predicted octanol–water partition coefficient (Wildman–Crippen LogP) is 0.971. The van der Waals surface area contributed by atoms with E-state index in [-0.39, 0.29) is 25.0 Å². The highest BCUT2D eigenvalue weighted by molar-refractivity contribution is 5.94. The fourth-order valence-corrected chi connectivity index (χ4v) is 2.10. The Morgan fingerprint density at radius 2 is 2.41 bits per heavy atom. The Labute approximate surface area is 97.9 Å². The van der Waals surface area contributed by atoms with E-state index in [0.717, 1.165) is 0 Å². The van der Waals surface area contributed by atoms with Crippen molar-refractivity contribution in [3.8, 4) is 0 Å². The first-order valence-electron chi connectivity index (χ1n) is 5.11. The number of aromatic nitrogens is 2. The molecule has 3 rings (SSSR count). The molecule has 2 aliphatic rings. The molecule has 1 aromatic heterocycles. The van der Waals surface area contributed by atoms with E-state index in [1.807, 2.05) is 0 Å². The van der Waals surface area contributed by atoms with E-state index in [0.29, 0.717) is 11.3 Å². The van der Waals surface area contributed by atoms with Crippen molar-refractivity contribution in [1.29, 1.82) is 0 Å². The number of aliphatic hydroxyl groups is 1. The molecule has 2 N–H and O–H groups in total. The molecule has 0 saturated carbocycles. The Kier molecular flexibility index (Phi) is 1.90. The van der Waals surface area contributed by atoms with Gasteiger partial charge in [0.05, 0.1) is 11.9 Å². The maximum atomic E-state index is 11.1. The zero-order chi connectivity index (χ0) is 12.2. The number of aliphatic hydroxyl groups excluding tert-OH is 1. The second-order valence-electron chi connectivity index (χ2n) is 4.05. The molecule has 0 bridgehead atoms. The molecule has 2 atom stereocenters. The van der Waals surface area contributed by atoms with Crippen LogP contribution in [0.15, 0.2) is 24.1 Å². The van der Waals surface area contributed by atoms with Crippen molar-refractivity contribution in [2.75, 3.05) is 0 Å². The molecule has 0 amide bonds. The number of carboxylic acid groups (broad SMARTS) is 1. The number of hydrogen-bond acceptors (Lipinski definition) is 4. The maximum absolute atomic E-state index is 11.1. The largest absolute Gasteiger partial charge is 0.508 e. The zero-order valence-electron chi connectivity index (χ0n) is 8.99. The molecule has 17 heavy (non-hydrogen) atoms. The van der Waals surface area contributed by atoms with Crippen LogP contribution in [0, 0.1) is 0 Å². The van der Waals surface area contributed by atoms with Crippen LogP contribution >= 0.6 is 0 Å². The molecule has 90 valence electrons. The van der Waals surface area contributed by atoms with Gasteiger partial charge in [0, 0.05) is 14.0 Å². The first kappa shape index (κ1) is 10.1. The Hall–Kier alpha value is -2.08. The van der Waals surface area contributed by atoms with Gasteiger partial charge in [-0.2, -0.15) is 5.10 Å². The summed E-state index contributed by atoms with van der Waals surface area (Å²) < 4.78 is 6.81. The smallest absolute Gasteiger partial charge is 0.339 e. The van der Waals surface area contributed by atoms with Crippen molar-refractivity contribution in [3.63, 3.8) is 0 Å². The van der Waals surface area contributed by atoms with Crippen molar-refractivity contribution in [2.24, 2.45) is 7.05 Å². The van der Waals surface area contributed by atoms with Crippen LogP contribution in [0.2, 0.25) is 0 Å². The van der Waals surface area contributed by atoms with E-state index in [9.17, 15) is 9.90 Å². The number of fused-ring (bicyclic) bond motifs is 1. The van der Waals surface area contributed by atoms with Gasteiger partial charge in [-0.15, -0.1) is 0 Å². The van der Waals surface area contributed by atoms with Crippen molar-refractivity contribution in [2.45, 2.75) is 12.2 Å². The number of aromatic carboxylic acids is 1. The first-order chi connectivity index (χ1) is 8.08. The van der Waals surface area contributed by atoms with Gasteiger partial charge in [0.15, 0.2) is 0 Å². The average molecular weight is 236 g/mol. The van der Waals surface area contributed by atoms with Gasteiger partial charge < -0.3 is 14.9 Å². The predicted molar refractivity (Wildman–Crippen MR) is 59.6 cm³/mol. The van der Waals surface area contributed by atoms with Gasteiger partial charge in [-0.3, -0.25) is 4.68 Å². The van der Waals surface area contributed by atoms with Crippen LogP contribution in [-0.2, 0) is 11.8 Å². The molecule has 0 unspecified atom stereocenters. The average Bonchev–Trinajstić information content (AvgIpc) is 2.91. The number of carbonyl (C=O) groups is 1. The highest BCUT2D eigenvalue weighted by Gasteiger charge is 2.45. The van der Waals surface area contributed by atoms with Crippen LogP contribution in [0.25, 0.3) is 5.57 Å². The molecule has 6 heteroatoms. The molecule has 1 aromatic rings. The molecular weight excluding hydrogens is 224 g/mol. The van der Waals surface area contributed by atoms with Crippen molar-refractivity contribution >= 4 is 11.5 Å². The molecule has 0 aromatic carbocycles. The number of carboxylic acids is 1. The third-order valence-electron chi connectivity index (χ3n) is 2.91. The minimum absolute atomic E-state index is 0. The Morgan fingerprint density at radius 3 is 3.12 bits per heavy atom. The highest BCUT2D eigenvalue weighted by Crippen LogP contribution is 2.41. The van der Waals surface area contributed by atoms with Gasteiger partial charge in [0.1, 0.15) is 23.5 Å². The number of ether oxygens (including phenoxy) is 1. The van der Waals surface area contributed by atoms with Crippen LogP contribution in [-0.4, -0.2) is 38.2 Å². The lowest BCUT2D eigenvalue weighted by Crippen LogP contribution is -2.10. The van der Waals surface area contributed by atoms with Crippen LogP contribution in [0.1, 0.15) is 17.5 Å². The number of rotatable bonds is 2. The topological polar surface area (TPSA) is 87.9 Å². The quantitative estimate of drug-likeness (QED) is 0.747. The summed E-state index contributed by atoms with van der Waals surface area (Å²) in [6, 6.07) is 0. The normalized spacial score (nSPS) is 25.9. The monoisotopic (exact) mass is 236 g/mol. The molecule has 0 spiro atoms. The minimum Gasteiger partial charge on any atom is -0.508 e. The second kappa shape index (κ2) is 3.21. The lowest BCUT2D eigenvalue weighted by atomic mass is 9.98. The van der Waals surface area contributed by atoms with Crippen LogP contribution in [0.5, 0.6) is 0 Å². The van der Waals surface area contributed by atoms with E-state index in [2.05, 4.69) is 5.10 Å². The fourth-order valence-electron chi connectivity index (χ4n) is 2.10. The molecule has 1 aliphatic carbocycles. The fraction of sp³-hybridized carbons (Fsp3) is 0.273. The van der Waals surface area contributed by atoms with Gasteiger partial charge in [0.25, 0.3) is 0 Å². The number of aryl methyl sites for hydroxylation is 1. The first-order valence-corrected chi connectivity index (χ1v) is 5.11. The summed E-state index contributed by atoms with van der Waals surface area (Å²) in [7, 11) is 1.66. The van der Waals surface area contributed by atoms with Crippen LogP contribution in [0.4, 0.5) is 0 Å². The third kappa shape index (κ3) is 1.45. The molecule has 0 radical (unpaired) electrons. The Balaban J connectivity index is 0.00000120. The van der Waals surface area contributed by atoms with Crippen molar-refractivity contribution < 1.29 is 21.2 Å². The summed E-state index contributed by atoms with van der Waals surface area (Å²) in [6.07, 6.45) is 4.11. The summed E-state index contributed by atoms with van der Waals surface area (Å²) in [4.78, 5) is 11.1. The standard InChI is InChI=1S/C11H10N2O4.H2/c1-13-9(7(4-12-13)11(15)16)6-2-5(14)3-8-10(6)17-8;/h2-4,8,10,14H,1H3,(H,15,16);1H/t8-,10+;/m0./s1. The molecule has 6 nitrogen and oxygen atoms in total. The summed E-state index contributed by atoms with van der Waals surface area (Å²) >= 11 is 0. The Bertz CT molecular complexity index is 576. The maximum Gasteiger partial charge on any atom is 0.339 e. The molecule has 1 aliphatic heterocycles. The molecule has 2 heterocycles. The second-order valence-corrected chi connectivity index (χ2v) is 4.05.